The van der Waals surface area contributed by atoms with Crippen molar-refractivity contribution in [1.82, 2.24) is 9.97 Å². The molecule has 4 nitrogen and oxygen atoms in total. The van der Waals surface area contributed by atoms with E-state index in [1.54, 1.807) is 0 Å². The molecule has 16 heavy (non-hydrogen) atoms. The molecular formula is C12H19N3O. The fourth-order valence-electron chi connectivity index (χ4n) is 1.80. The molecule has 1 aromatic heterocycles. The quantitative estimate of drug-likeness (QED) is 0.850. The zero-order chi connectivity index (χ0) is 11.4. The number of aromatic nitrogens is 2. The summed E-state index contributed by atoms with van der Waals surface area (Å²) < 4.78 is 5.41. The predicted molar refractivity (Wildman–Crippen MR) is 63.6 cm³/mol. The Kier molecular flexibility index (Phi) is 3.72. The largest absolute Gasteiger partial charge is 0.379 e. The smallest absolute Gasteiger partial charge is 0.223 e. The zero-order valence-corrected chi connectivity index (χ0v) is 9.94. The molecule has 1 unspecified atom stereocenters. The molecule has 2 rings (SSSR count). The highest BCUT2D eigenvalue weighted by atomic mass is 16.5. The lowest BCUT2D eigenvalue weighted by Crippen LogP contribution is -2.30. The molecular weight excluding hydrogens is 202 g/mol. The van der Waals surface area contributed by atoms with Crippen molar-refractivity contribution in [3.8, 4) is 0 Å². The Morgan fingerprint density at radius 3 is 3.06 bits per heavy atom. The van der Waals surface area contributed by atoms with Crippen LogP contribution in [0.5, 0.6) is 0 Å². The molecule has 1 saturated heterocycles. The lowest BCUT2D eigenvalue weighted by molar-refractivity contribution is 0.0874. The van der Waals surface area contributed by atoms with Crippen molar-refractivity contribution in [2.75, 3.05) is 18.5 Å². The first-order chi connectivity index (χ1) is 7.75. The van der Waals surface area contributed by atoms with Crippen LogP contribution in [0.2, 0.25) is 0 Å². The lowest BCUT2D eigenvalue weighted by atomic mass is 10.1. The molecule has 1 aromatic rings. The second kappa shape index (κ2) is 5.25. The summed E-state index contributed by atoms with van der Waals surface area (Å²) in [6.45, 7) is 5.91. The Morgan fingerprint density at radius 2 is 2.38 bits per heavy atom. The maximum atomic E-state index is 5.41. The van der Waals surface area contributed by atoms with E-state index in [0.29, 0.717) is 12.0 Å². The SMILES string of the molecule is CC(C)c1ccnc(NC2CCCOC2)n1. The summed E-state index contributed by atoms with van der Waals surface area (Å²) in [5.41, 5.74) is 1.08. The highest BCUT2D eigenvalue weighted by Crippen LogP contribution is 2.14. The van der Waals surface area contributed by atoms with Gasteiger partial charge in [-0.15, -0.1) is 0 Å². The van der Waals surface area contributed by atoms with Crippen LogP contribution < -0.4 is 5.32 Å². The third-order valence-electron chi connectivity index (χ3n) is 2.76. The van der Waals surface area contributed by atoms with Gasteiger partial charge in [0.25, 0.3) is 0 Å². The van der Waals surface area contributed by atoms with E-state index < -0.39 is 0 Å². The van der Waals surface area contributed by atoms with Crippen LogP contribution in [0.1, 0.15) is 38.3 Å². The first-order valence-electron chi connectivity index (χ1n) is 5.93. The van der Waals surface area contributed by atoms with Gasteiger partial charge in [0.2, 0.25) is 5.95 Å². The molecule has 4 heteroatoms. The van der Waals surface area contributed by atoms with Crippen molar-refractivity contribution in [1.29, 1.82) is 0 Å². The van der Waals surface area contributed by atoms with Gasteiger partial charge < -0.3 is 10.1 Å². The number of rotatable bonds is 3. The average molecular weight is 221 g/mol. The van der Waals surface area contributed by atoms with Crippen molar-refractivity contribution in [2.24, 2.45) is 0 Å². The van der Waals surface area contributed by atoms with Crippen LogP contribution in [0.3, 0.4) is 0 Å². The number of hydrogen-bond donors (Lipinski definition) is 1. The van der Waals surface area contributed by atoms with Gasteiger partial charge in [-0.05, 0) is 24.8 Å². The molecule has 0 saturated carbocycles. The summed E-state index contributed by atoms with van der Waals surface area (Å²) in [5.74, 6) is 1.16. The number of hydrogen-bond acceptors (Lipinski definition) is 4. The summed E-state index contributed by atoms with van der Waals surface area (Å²) in [6.07, 6.45) is 4.06. The summed E-state index contributed by atoms with van der Waals surface area (Å²) in [4.78, 5) is 8.73. The van der Waals surface area contributed by atoms with Crippen molar-refractivity contribution >= 4 is 5.95 Å². The van der Waals surface area contributed by atoms with Gasteiger partial charge in [-0.3, -0.25) is 0 Å². The maximum Gasteiger partial charge on any atom is 0.223 e. The maximum absolute atomic E-state index is 5.41. The van der Waals surface area contributed by atoms with Gasteiger partial charge in [0.15, 0.2) is 0 Å². The minimum atomic E-state index is 0.358. The number of ether oxygens (including phenoxy) is 1. The molecule has 0 aromatic carbocycles. The summed E-state index contributed by atoms with van der Waals surface area (Å²) >= 11 is 0. The van der Waals surface area contributed by atoms with E-state index in [1.165, 1.54) is 0 Å². The molecule has 0 bridgehead atoms. The van der Waals surface area contributed by atoms with Gasteiger partial charge in [0, 0.05) is 18.5 Å². The van der Waals surface area contributed by atoms with Crippen LogP contribution in [-0.2, 0) is 4.74 Å². The van der Waals surface area contributed by atoms with Crippen LogP contribution in [0.15, 0.2) is 12.3 Å². The Bertz CT molecular complexity index is 335. The van der Waals surface area contributed by atoms with E-state index in [-0.39, 0.29) is 0 Å². The van der Waals surface area contributed by atoms with E-state index in [0.717, 1.165) is 37.7 Å². The van der Waals surface area contributed by atoms with E-state index in [4.69, 9.17) is 4.74 Å². The van der Waals surface area contributed by atoms with Gasteiger partial charge in [0.1, 0.15) is 0 Å². The molecule has 1 atom stereocenters. The van der Waals surface area contributed by atoms with E-state index in [1.807, 2.05) is 12.3 Å². The Hall–Kier alpha value is -1.16. The monoisotopic (exact) mass is 221 g/mol. The van der Waals surface area contributed by atoms with Gasteiger partial charge in [-0.1, -0.05) is 13.8 Å². The third kappa shape index (κ3) is 2.92. The number of anilines is 1. The summed E-state index contributed by atoms with van der Waals surface area (Å²) in [7, 11) is 0. The van der Waals surface area contributed by atoms with E-state index in [2.05, 4.69) is 29.1 Å². The minimum Gasteiger partial charge on any atom is -0.379 e. The number of nitrogens with zero attached hydrogens (tertiary/aromatic N) is 2. The molecule has 0 aliphatic carbocycles. The Balaban J connectivity index is 2.00. The van der Waals surface area contributed by atoms with Crippen LogP contribution >= 0.6 is 0 Å². The average Bonchev–Trinajstić information content (AvgIpc) is 2.30. The van der Waals surface area contributed by atoms with E-state index in [9.17, 15) is 0 Å². The topological polar surface area (TPSA) is 47.0 Å². The first kappa shape index (κ1) is 11.3. The highest BCUT2D eigenvalue weighted by molar-refractivity contribution is 5.27. The van der Waals surface area contributed by atoms with Crippen molar-refractivity contribution in [3.05, 3.63) is 18.0 Å². The molecule has 0 amide bonds. The minimum absolute atomic E-state index is 0.358. The molecule has 1 aliphatic heterocycles. The standard InChI is InChI=1S/C12H19N3O/c1-9(2)11-5-6-13-12(15-11)14-10-4-3-7-16-8-10/h5-6,9-10H,3-4,7-8H2,1-2H3,(H,13,14,15). The van der Waals surface area contributed by atoms with Crippen LogP contribution in [0.25, 0.3) is 0 Å². The summed E-state index contributed by atoms with van der Waals surface area (Å²) in [6, 6.07) is 2.32. The molecule has 1 fully saturated rings. The van der Waals surface area contributed by atoms with Crippen molar-refractivity contribution in [3.63, 3.8) is 0 Å². The Labute approximate surface area is 96.4 Å². The second-order valence-electron chi connectivity index (χ2n) is 4.52. The van der Waals surface area contributed by atoms with Crippen molar-refractivity contribution < 1.29 is 4.74 Å². The van der Waals surface area contributed by atoms with Crippen LogP contribution in [0, 0.1) is 0 Å². The zero-order valence-electron chi connectivity index (χ0n) is 9.94. The van der Waals surface area contributed by atoms with Crippen molar-refractivity contribution in [2.45, 2.75) is 38.6 Å². The molecule has 88 valence electrons. The first-order valence-corrected chi connectivity index (χ1v) is 5.93. The fraction of sp³-hybridized carbons (Fsp3) is 0.667. The lowest BCUT2D eigenvalue weighted by Gasteiger charge is -2.23. The second-order valence-corrected chi connectivity index (χ2v) is 4.52. The van der Waals surface area contributed by atoms with E-state index >= 15 is 0 Å². The van der Waals surface area contributed by atoms with Gasteiger partial charge in [-0.2, -0.15) is 0 Å². The summed E-state index contributed by atoms with van der Waals surface area (Å²) in [5, 5.41) is 3.33. The van der Waals surface area contributed by atoms with Crippen LogP contribution in [0.4, 0.5) is 5.95 Å². The van der Waals surface area contributed by atoms with Gasteiger partial charge >= 0.3 is 0 Å². The molecule has 1 N–H and O–H groups in total. The van der Waals surface area contributed by atoms with Crippen LogP contribution in [-0.4, -0.2) is 29.2 Å². The molecule has 0 radical (unpaired) electrons. The molecule has 1 aliphatic rings. The molecule has 0 spiro atoms. The normalized spacial score (nSPS) is 21.1. The predicted octanol–water partition coefficient (Wildman–Crippen LogP) is 2.19. The molecule has 2 heterocycles. The number of nitrogens with one attached hydrogen (secondary N) is 1. The van der Waals surface area contributed by atoms with Gasteiger partial charge in [0.05, 0.1) is 12.6 Å². The third-order valence-corrected chi connectivity index (χ3v) is 2.76. The van der Waals surface area contributed by atoms with Gasteiger partial charge in [-0.25, -0.2) is 9.97 Å². The highest BCUT2D eigenvalue weighted by Gasteiger charge is 2.14. The Morgan fingerprint density at radius 1 is 1.50 bits per heavy atom. The fourth-order valence-corrected chi connectivity index (χ4v) is 1.80.